The van der Waals surface area contributed by atoms with Gasteiger partial charge < -0.3 is 5.32 Å². The van der Waals surface area contributed by atoms with E-state index in [1.807, 2.05) is 6.07 Å². The number of carbonyl (C=O) groups is 1. The molecule has 0 saturated carbocycles. The molecule has 0 saturated heterocycles. The minimum atomic E-state index is -3.84. The van der Waals surface area contributed by atoms with Gasteiger partial charge in [0.05, 0.1) is 5.69 Å². The Morgan fingerprint density at radius 3 is 2.25 bits per heavy atom. The van der Waals surface area contributed by atoms with Crippen LogP contribution in [-0.2, 0) is 10.2 Å². The van der Waals surface area contributed by atoms with Crippen molar-refractivity contribution < 1.29 is 13.2 Å². The summed E-state index contributed by atoms with van der Waals surface area (Å²) in [6, 6.07) is 15.0. The number of benzene rings is 2. The number of anilines is 2. The van der Waals surface area contributed by atoms with Crippen LogP contribution in [0.1, 0.15) is 10.4 Å². The van der Waals surface area contributed by atoms with Crippen molar-refractivity contribution in [3.8, 4) is 0 Å². The van der Waals surface area contributed by atoms with E-state index in [0.717, 1.165) is 0 Å². The van der Waals surface area contributed by atoms with Gasteiger partial charge in [0, 0.05) is 11.3 Å². The zero-order valence-corrected chi connectivity index (χ0v) is 11.2. The molecule has 6 nitrogen and oxygen atoms in total. The molecular formula is C13H13N3O3S. The van der Waals surface area contributed by atoms with Crippen molar-refractivity contribution in [3.63, 3.8) is 0 Å². The third-order valence-corrected chi connectivity index (χ3v) is 2.94. The Morgan fingerprint density at radius 2 is 1.60 bits per heavy atom. The fraction of sp³-hybridized carbons (Fsp3) is 0. The summed E-state index contributed by atoms with van der Waals surface area (Å²) in [5.74, 6) is -0.279. The molecule has 0 spiro atoms. The molecule has 1 amide bonds. The van der Waals surface area contributed by atoms with Gasteiger partial charge in [-0.2, -0.15) is 8.42 Å². The molecule has 104 valence electrons. The Kier molecular flexibility index (Phi) is 4.02. The first kappa shape index (κ1) is 14.0. The van der Waals surface area contributed by atoms with Crippen molar-refractivity contribution in [1.29, 1.82) is 0 Å². The highest BCUT2D eigenvalue weighted by Gasteiger charge is 2.07. The van der Waals surface area contributed by atoms with E-state index in [0.29, 0.717) is 11.3 Å². The molecule has 0 radical (unpaired) electrons. The zero-order valence-electron chi connectivity index (χ0n) is 10.4. The highest BCUT2D eigenvalue weighted by molar-refractivity contribution is 7.90. The predicted octanol–water partition coefficient (Wildman–Crippen LogP) is 1.55. The van der Waals surface area contributed by atoms with E-state index in [-0.39, 0.29) is 11.6 Å². The van der Waals surface area contributed by atoms with Gasteiger partial charge in [-0.3, -0.25) is 9.52 Å². The van der Waals surface area contributed by atoms with Crippen LogP contribution in [0.5, 0.6) is 0 Å². The quantitative estimate of drug-likeness (QED) is 0.796. The van der Waals surface area contributed by atoms with Crippen molar-refractivity contribution >= 4 is 27.5 Å². The normalized spacial score (nSPS) is 10.8. The van der Waals surface area contributed by atoms with Crippen molar-refractivity contribution in [2.45, 2.75) is 0 Å². The summed E-state index contributed by atoms with van der Waals surface area (Å²) < 4.78 is 24.0. The van der Waals surface area contributed by atoms with Crippen molar-refractivity contribution in [3.05, 3.63) is 60.2 Å². The number of hydrogen-bond donors (Lipinski definition) is 3. The molecular weight excluding hydrogens is 278 g/mol. The molecule has 7 heteroatoms. The first-order chi connectivity index (χ1) is 9.44. The largest absolute Gasteiger partial charge is 0.322 e. The van der Waals surface area contributed by atoms with Crippen molar-refractivity contribution in [2.75, 3.05) is 10.0 Å². The average Bonchev–Trinajstić information content (AvgIpc) is 2.38. The summed E-state index contributed by atoms with van der Waals surface area (Å²) in [6.07, 6.45) is 0. The standard InChI is InChI=1S/C13H13N3O3S/c14-20(18,19)16-12-8-4-7-11(9-12)15-13(17)10-5-2-1-3-6-10/h1-9,16H,(H,15,17)(H2,14,18,19). The summed E-state index contributed by atoms with van der Waals surface area (Å²) in [4.78, 5) is 11.9. The summed E-state index contributed by atoms with van der Waals surface area (Å²) in [5.41, 5.74) is 1.25. The van der Waals surface area contributed by atoms with Crippen LogP contribution in [0.3, 0.4) is 0 Å². The fourth-order valence-corrected chi connectivity index (χ4v) is 2.07. The van der Waals surface area contributed by atoms with Crippen LogP contribution in [0.25, 0.3) is 0 Å². The van der Waals surface area contributed by atoms with Gasteiger partial charge in [-0.1, -0.05) is 24.3 Å². The Hall–Kier alpha value is -2.38. The topological polar surface area (TPSA) is 101 Å². The molecule has 4 N–H and O–H groups in total. The van der Waals surface area contributed by atoms with Gasteiger partial charge in [0.25, 0.3) is 16.1 Å². The Morgan fingerprint density at radius 1 is 0.950 bits per heavy atom. The molecule has 2 aromatic carbocycles. The van der Waals surface area contributed by atoms with E-state index in [9.17, 15) is 13.2 Å². The maximum atomic E-state index is 11.9. The highest BCUT2D eigenvalue weighted by Crippen LogP contribution is 2.16. The minimum absolute atomic E-state index is 0.276. The molecule has 0 bridgehead atoms. The van der Waals surface area contributed by atoms with Crippen molar-refractivity contribution in [2.24, 2.45) is 5.14 Å². The van der Waals surface area contributed by atoms with Gasteiger partial charge in [-0.05, 0) is 30.3 Å². The van der Waals surface area contributed by atoms with Crippen LogP contribution in [0, 0.1) is 0 Å². The third kappa shape index (κ3) is 4.08. The summed E-state index contributed by atoms with van der Waals surface area (Å²) >= 11 is 0. The molecule has 0 aromatic heterocycles. The van der Waals surface area contributed by atoms with Crippen LogP contribution in [-0.4, -0.2) is 14.3 Å². The zero-order chi connectivity index (χ0) is 14.6. The Labute approximate surface area is 116 Å². The van der Waals surface area contributed by atoms with Gasteiger partial charge in [-0.15, -0.1) is 0 Å². The second kappa shape index (κ2) is 5.72. The van der Waals surface area contributed by atoms with Crippen LogP contribution in [0.4, 0.5) is 11.4 Å². The Balaban J connectivity index is 2.14. The SMILES string of the molecule is NS(=O)(=O)Nc1cccc(NC(=O)c2ccccc2)c1. The molecule has 0 fully saturated rings. The molecule has 2 rings (SSSR count). The van der Waals surface area contributed by atoms with Crippen LogP contribution < -0.4 is 15.2 Å². The van der Waals surface area contributed by atoms with E-state index in [2.05, 4.69) is 10.0 Å². The molecule has 20 heavy (non-hydrogen) atoms. The smallest absolute Gasteiger partial charge is 0.296 e. The summed E-state index contributed by atoms with van der Waals surface area (Å²) in [6.45, 7) is 0. The van der Waals surface area contributed by atoms with E-state index < -0.39 is 10.2 Å². The molecule has 0 aliphatic heterocycles. The molecule has 0 heterocycles. The molecule has 2 aromatic rings. The number of nitrogens with one attached hydrogen (secondary N) is 2. The van der Waals surface area contributed by atoms with E-state index in [1.165, 1.54) is 12.1 Å². The third-order valence-electron chi connectivity index (χ3n) is 2.42. The number of carbonyl (C=O) groups excluding carboxylic acids is 1. The molecule has 0 unspecified atom stereocenters. The second-order valence-electron chi connectivity index (χ2n) is 4.05. The lowest BCUT2D eigenvalue weighted by Gasteiger charge is -2.08. The van der Waals surface area contributed by atoms with Crippen LogP contribution in [0.15, 0.2) is 54.6 Å². The van der Waals surface area contributed by atoms with Gasteiger partial charge in [0.15, 0.2) is 0 Å². The van der Waals surface area contributed by atoms with Gasteiger partial charge in [0.1, 0.15) is 0 Å². The van der Waals surface area contributed by atoms with Crippen molar-refractivity contribution in [1.82, 2.24) is 0 Å². The maximum absolute atomic E-state index is 11.9. The number of hydrogen-bond acceptors (Lipinski definition) is 3. The second-order valence-corrected chi connectivity index (χ2v) is 5.34. The molecule has 0 aliphatic carbocycles. The van der Waals surface area contributed by atoms with Gasteiger partial charge in [0.2, 0.25) is 0 Å². The first-order valence-corrected chi connectivity index (χ1v) is 7.26. The maximum Gasteiger partial charge on any atom is 0.296 e. The predicted molar refractivity (Wildman–Crippen MR) is 77.6 cm³/mol. The van der Waals surface area contributed by atoms with Gasteiger partial charge in [-0.25, -0.2) is 5.14 Å². The number of nitrogens with two attached hydrogens (primary N) is 1. The summed E-state index contributed by atoms with van der Waals surface area (Å²) in [5, 5.41) is 7.55. The Bertz CT molecular complexity index is 715. The highest BCUT2D eigenvalue weighted by atomic mass is 32.2. The van der Waals surface area contributed by atoms with E-state index in [4.69, 9.17) is 5.14 Å². The minimum Gasteiger partial charge on any atom is -0.322 e. The molecule has 0 atom stereocenters. The average molecular weight is 291 g/mol. The summed E-state index contributed by atoms with van der Waals surface area (Å²) in [7, 11) is -3.84. The van der Waals surface area contributed by atoms with E-state index >= 15 is 0 Å². The van der Waals surface area contributed by atoms with Gasteiger partial charge >= 0.3 is 0 Å². The lowest BCUT2D eigenvalue weighted by Crippen LogP contribution is -2.21. The number of rotatable bonds is 4. The monoisotopic (exact) mass is 291 g/mol. The molecule has 0 aliphatic rings. The van der Waals surface area contributed by atoms with E-state index in [1.54, 1.807) is 36.4 Å². The lowest BCUT2D eigenvalue weighted by molar-refractivity contribution is 0.102. The van der Waals surface area contributed by atoms with Crippen LogP contribution >= 0.6 is 0 Å². The fourth-order valence-electron chi connectivity index (χ4n) is 1.62. The number of amides is 1. The first-order valence-electron chi connectivity index (χ1n) is 5.71. The van der Waals surface area contributed by atoms with Crippen LogP contribution in [0.2, 0.25) is 0 Å². The lowest BCUT2D eigenvalue weighted by atomic mass is 10.2.